The van der Waals surface area contributed by atoms with Gasteiger partial charge in [-0.1, -0.05) is 12.1 Å². The zero-order valence-corrected chi connectivity index (χ0v) is 9.54. The maximum absolute atomic E-state index is 5.65. The lowest BCUT2D eigenvalue weighted by molar-refractivity contribution is 0.278. The Morgan fingerprint density at radius 1 is 1.57 bits per heavy atom. The van der Waals surface area contributed by atoms with Gasteiger partial charge >= 0.3 is 0 Å². The Bertz CT molecular complexity index is 261. The van der Waals surface area contributed by atoms with E-state index < -0.39 is 0 Å². The molecule has 14 heavy (non-hydrogen) atoms. The van der Waals surface area contributed by atoms with E-state index in [2.05, 4.69) is 22.1 Å². The molecule has 0 unspecified atom stereocenters. The van der Waals surface area contributed by atoms with Crippen LogP contribution >= 0.6 is 11.6 Å². The van der Waals surface area contributed by atoms with Crippen molar-refractivity contribution in [3.8, 4) is 0 Å². The van der Waals surface area contributed by atoms with Gasteiger partial charge in [0.1, 0.15) is 0 Å². The monoisotopic (exact) mass is 216 g/mol. The third-order valence-corrected chi connectivity index (χ3v) is 2.36. The molecule has 5 heteroatoms. The van der Waals surface area contributed by atoms with Crippen molar-refractivity contribution in [2.75, 3.05) is 19.0 Å². The second kappa shape index (κ2) is 5.98. The Balaban J connectivity index is 2.40. The highest BCUT2D eigenvalue weighted by atomic mass is 35.5. The van der Waals surface area contributed by atoms with Crippen molar-refractivity contribution in [1.82, 2.24) is 19.9 Å². The predicted molar refractivity (Wildman–Crippen MR) is 57.3 cm³/mol. The molecule has 1 rings (SSSR count). The molecule has 0 saturated heterocycles. The van der Waals surface area contributed by atoms with Crippen LogP contribution in [-0.2, 0) is 13.6 Å². The number of nitrogens with zero attached hydrogens (tertiary/aromatic N) is 4. The fourth-order valence-corrected chi connectivity index (χ4v) is 1.45. The van der Waals surface area contributed by atoms with Crippen LogP contribution in [0.1, 0.15) is 19.0 Å². The van der Waals surface area contributed by atoms with Crippen LogP contribution in [-0.4, -0.2) is 38.9 Å². The maximum atomic E-state index is 5.65. The molecule has 0 aromatic carbocycles. The van der Waals surface area contributed by atoms with Gasteiger partial charge < -0.3 is 0 Å². The fraction of sp³-hybridized carbons (Fsp3) is 0.778. The van der Waals surface area contributed by atoms with E-state index in [1.807, 2.05) is 13.2 Å². The first-order chi connectivity index (χ1) is 6.76. The van der Waals surface area contributed by atoms with Gasteiger partial charge in [0, 0.05) is 25.7 Å². The summed E-state index contributed by atoms with van der Waals surface area (Å²) in [5.74, 6) is 0.719. The van der Waals surface area contributed by atoms with Crippen molar-refractivity contribution in [3.05, 3.63) is 11.9 Å². The first kappa shape index (κ1) is 11.5. The molecule has 4 nitrogen and oxygen atoms in total. The second-order valence-corrected chi connectivity index (χ2v) is 3.67. The molecule has 0 N–H and O–H groups in total. The summed E-state index contributed by atoms with van der Waals surface area (Å²) >= 11 is 5.65. The summed E-state index contributed by atoms with van der Waals surface area (Å²) in [6.07, 6.45) is 2.97. The molecule has 0 spiro atoms. The average molecular weight is 217 g/mol. The highest BCUT2D eigenvalue weighted by Gasteiger charge is 2.05. The van der Waals surface area contributed by atoms with Gasteiger partial charge in [0.2, 0.25) is 0 Å². The number of alkyl halides is 1. The van der Waals surface area contributed by atoms with E-state index in [1.54, 1.807) is 4.68 Å². The van der Waals surface area contributed by atoms with Crippen molar-refractivity contribution in [2.24, 2.45) is 7.05 Å². The highest BCUT2D eigenvalue weighted by Crippen LogP contribution is 2.01. The topological polar surface area (TPSA) is 34.0 Å². The van der Waals surface area contributed by atoms with Crippen LogP contribution in [0.25, 0.3) is 0 Å². The van der Waals surface area contributed by atoms with E-state index in [1.165, 1.54) is 0 Å². The van der Waals surface area contributed by atoms with Crippen LogP contribution in [0.5, 0.6) is 0 Å². The lowest BCUT2D eigenvalue weighted by Crippen LogP contribution is -2.24. The Labute approximate surface area is 89.8 Å². The zero-order valence-electron chi connectivity index (χ0n) is 8.78. The molecule has 80 valence electrons. The molecule has 0 aliphatic rings. The maximum Gasteiger partial charge on any atom is 0.0966 e. The van der Waals surface area contributed by atoms with Gasteiger partial charge in [0.15, 0.2) is 0 Å². The normalized spacial score (nSPS) is 11.1. The number of hydrogen-bond acceptors (Lipinski definition) is 3. The lowest BCUT2D eigenvalue weighted by Gasteiger charge is -2.17. The standard InChI is InChI=1S/C9H17ClN4/c1-3-14(6-4-5-10)8-9-7-13(2)12-11-9/h7H,3-6,8H2,1-2H3. The van der Waals surface area contributed by atoms with E-state index in [-0.39, 0.29) is 0 Å². The molecular formula is C9H17ClN4. The molecule has 0 fully saturated rings. The third kappa shape index (κ3) is 3.64. The summed E-state index contributed by atoms with van der Waals surface area (Å²) in [5.41, 5.74) is 1.02. The summed E-state index contributed by atoms with van der Waals surface area (Å²) < 4.78 is 1.73. The van der Waals surface area contributed by atoms with Gasteiger partial charge in [-0.2, -0.15) is 0 Å². The smallest absolute Gasteiger partial charge is 0.0966 e. The van der Waals surface area contributed by atoms with Crippen molar-refractivity contribution in [3.63, 3.8) is 0 Å². The first-order valence-corrected chi connectivity index (χ1v) is 5.43. The molecule has 1 aromatic heterocycles. The molecule has 1 aromatic rings. The number of rotatable bonds is 6. The SMILES string of the molecule is CCN(CCCCl)Cc1cn(C)nn1. The molecule has 0 aliphatic heterocycles. The van der Waals surface area contributed by atoms with Crippen LogP contribution in [0.4, 0.5) is 0 Å². The lowest BCUT2D eigenvalue weighted by atomic mass is 10.3. The van der Waals surface area contributed by atoms with Crippen molar-refractivity contribution >= 4 is 11.6 Å². The largest absolute Gasteiger partial charge is 0.298 e. The van der Waals surface area contributed by atoms with Crippen molar-refractivity contribution in [1.29, 1.82) is 0 Å². The second-order valence-electron chi connectivity index (χ2n) is 3.29. The Kier molecular flexibility index (Phi) is 4.90. The minimum atomic E-state index is 0.719. The summed E-state index contributed by atoms with van der Waals surface area (Å²) in [6, 6.07) is 0. The highest BCUT2D eigenvalue weighted by molar-refractivity contribution is 6.17. The van der Waals surface area contributed by atoms with Gasteiger partial charge in [-0.3, -0.25) is 9.58 Å². The van der Waals surface area contributed by atoms with Gasteiger partial charge in [-0.15, -0.1) is 16.7 Å². The number of halogens is 1. The van der Waals surface area contributed by atoms with E-state index >= 15 is 0 Å². The molecule has 0 atom stereocenters. The zero-order chi connectivity index (χ0) is 10.4. The average Bonchev–Trinajstić information content (AvgIpc) is 2.58. The minimum Gasteiger partial charge on any atom is -0.298 e. The van der Waals surface area contributed by atoms with E-state index in [0.717, 1.165) is 37.6 Å². The van der Waals surface area contributed by atoms with Crippen LogP contribution in [0, 0.1) is 0 Å². The van der Waals surface area contributed by atoms with E-state index in [4.69, 9.17) is 11.6 Å². The van der Waals surface area contributed by atoms with Crippen LogP contribution in [0.15, 0.2) is 6.20 Å². The molecule has 0 saturated carbocycles. The fourth-order valence-electron chi connectivity index (χ4n) is 1.33. The van der Waals surface area contributed by atoms with Gasteiger partial charge in [0.25, 0.3) is 0 Å². The van der Waals surface area contributed by atoms with E-state index in [9.17, 15) is 0 Å². The number of hydrogen-bond donors (Lipinski definition) is 0. The molecular weight excluding hydrogens is 200 g/mol. The number of aryl methyl sites for hydroxylation is 1. The summed E-state index contributed by atoms with van der Waals surface area (Å²) in [5, 5.41) is 7.95. The Hall–Kier alpha value is -0.610. The van der Waals surface area contributed by atoms with Crippen LogP contribution < -0.4 is 0 Å². The van der Waals surface area contributed by atoms with Crippen molar-refractivity contribution < 1.29 is 0 Å². The third-order valence-electron chi connectivity index (χ3n) is 2.09. The quantitative estimate of drug-likeness (QED) is 0.672. The Morgan fingerprint density at radius 2 is 2.36 bits per heavy atom. The molecule has 0 bridgehead atoms. The summed E-state index contributed by atoms with van der Waals surface area (Å²) in [7, 11) is 1.88. The molecule has 0 aliphatic carbocycles. The summed E-state index contributed by atoms with van der Waals surface area (Å²) in [6.45, 7) is 5.05. The van der Waals surface area contributed by atoms with Gasteiger partial charge in [0.05, 0.1) is 5.69 Å². The molecule has 0 amide bonds. The van der Waals surface area contributed by atoms with Gasteiger partial charge in [-0.25, -0.2) is 0 Å². The Morgan fingerprint density at radius 3 is 2.86 bits per heavy atom. The van der Waals surface area contributed by atoms with E-state index in [0.29, 0.717) is 0 Å². The van der Waals surface area contributed by atoms with Crippen LogP contribution in [0.3, 0.4) is 0 Å². The minimum absolute atomic E-state index is 0.719. The summed E-state index contributed by atoms with van der Waals surface area (Å²) in [4.78, 5) is 2.31. The predicted octanol–water partition coefficient (Wildman–Crippen LogP) is 1.27. The first-order valence-electron chi connectivity index (χ1n) is 4.89. The molecule has 0 radical (unpaired) electrons. The van der Waals surface area contributed by atoms with Crippen LogP contribution in [0.2, 0.25) is 0 Å². The van der Waals surface area contributed by atoms with Crippen molar-refractivity contribution in [2.45, 2.75) is 19.9 Å². The number of aromatic nitrogens is 3. The van der Waals surface area contributed by atoms with Gasteiger partial charge in [-0.05, 0) is 19.5 Å². The molecule has 1 heterocycles.